The molecule has 0 bridgehead atoms. The molecule has 1 aromatic heterocycles. The number of rotatable bonds is 2. The first-order valence-corrected chi connectivity index (χ1v) is 4.91. The van der Waals surface area contributed by atoms with Gasteiger partial charge in [-0.05, 0) is 18.2 Å². The van der Waals surface area contributed by atoms with Crippen LogP contribution in [0, 0.1) is 0 Å². The number of aldehydes is 1. The van der Waals surface area contributed by atoms with Crippen LogP contribution in [0.5, 0.6) is 0 Å². The van der Waals surface area contributed by atoms with Gasteiger partial charge in [0.1, 0.15) is 0 Å². The second-order valence-electron chi connectivity index (χ2n) is 2.93. The fourth-order valence-electron chi connectivity index (χ4n) is 1.20. The second-order valence-corrected chi connectivity index (χ2v) is 3.77. The topological polar surface area (TPSA) is 34.9 Å². The van der Waals surface area contributed by atoms with Crippen LogP contribution in [0.1, 0.15) is 10.4 Å². The average Bonchev–Trinajstić information content (AvgIpc) is 2.65. The Labute approximate surface area is 96.2 Å². The molecule has 1 heterocycles. The highest BCUT2D eigenvalue weighted by atomic mass is 35.5. The third kappa shape index (κ3) is 2.03. The molecule has 0 fully saturated rings. The molecule has 0 spiro atoms. The summed E-state index contributed by atoms with van der Waals surface area (Å²) < 4.78 is 1.59. The summed E-state index contributed by atoms with van der Waals surface area (Å²) in [5.41, 5.74) is 1.22. The summed E-state index contributed by atoms with van der Waals surface area (Å²) in [5.74, 6) is 0. The van der Waals surface area contributed by atoms with Crippen molar-refractivity contribution < 1.29 is 4.79 Å². The zero-order chi connectivity index (χ0) is 10.8. The van der Waals surface area contributed by atoms with Crippen molar-refractivity contribution in [3.05, 3.63) is 46.2 Å². The van der Waals surface area contributed by atoms with Crippen LogP contribution in [0.25, 0.3) is 5.69 Å². The molecule has 2 aromatic rings. The van der Waals surface area contributed by atoms with Crippen LogP contribution >= 0.6 is 23.2 Å². The van der Waals surface area contributed by atoms with Crippen molar-refractivity contribution in [1.82, 2.24) is 9.78 Å². The standard InChI is InChI=1S/C10H6Cl2N2O/c11-8-4-13-14(5-8)9-2-1-7(6-15)10(12)3-9/h1-6H. The van der Waals surface area contributed by atoms with Gasteiger partial charge in [-0.15, -0.1) is 0 Å². The summed E-state index contributed by atoms with van der Waals surface area (Å²) in [7, 11) is 0. The lowest BCUT2D eigenvalue weighted by Gasteiger charge is -2.02. The van der Waals surface area contributed by atoms with E-state index in [-0.39, 0.29) is 0 Å². The van der Waals surface area contributed by atoms with E-state index in [0.29, 0.717) is 21.9 Å². The fraction of sp³-hybridized carbons (Fsp3) is 0. The Bertz CT molecular complexity index is 508. The van der Waals surface area contributed by atoms with E-state index < -0.39 is 0 Å². The number of aromatic nitrogens is 2. The van der Waals surface area contributed by atoms with Crippen molar-refractivity contribution in [2.45, 2.75) is 0 Å². The highest BCUT2D eigenvalue weighted by molar-refractivity contribution is 6.33. The quantitative estimate of drug-likeness (QED) is 0.757. The number of nitrogens with zero attached hydrogens (tertiary/aromatic N) is 2. The molecule has 0 atom stereocenters. The summed E-state index contributed by atoms with van der Waals surface area (Å²) in [6, 6.07) is 5.05. The molecule has 1 aromatic carbocycles. The second kappa shape index (κ2) is 4.04. The first kappa shape index (κ1) is 10.2. The van der Waals surface area contributed by atoms with E-state index in [1.165, 1.54) is 6.20 Å². The molecule has 0 aliphatic rings. The van der Waals surface area contributed by atoms with E-state index >= 15 is 0 Å². The number of benzene rings is 1. The van der Waals surface area contributed by atoms with Crippen molar-refractivity contribution in [3.63, 3.8) is 0 Å². The van der Waals surface area contributed by atoms with Crippen LogP contribution in [-0.2, 0) is 0 Å². The minimum Gasteiger partial charge on any atom is -0.298 e. The fourth-order valence-corrected chi connectivity index (χ4v) is 1.55. The number of carbonyl (C=O) groups excluding carboxylic acids is 1. The average molecular weight is 241 g/mol. The van der Waals surface area contributed by atoms with Crippen LogP contribution < -0.4 is 0 Å². The lowest BCUT2D eigenvalue weighted by atomic mass is 10.2. The number of halogens is 2. The molecule has 3 nitrogen and oxygen atoms in total. The van der Waals surface area contributed by atoms with E-state index in [0.717, 1.165) is 5.69 Å². The van der Waals surface area contributed by atoms with Gasteiger partial charge in [-0.25, -0.2) is 4.68 Å². The van der Waals surface area contributed by atoms with Crippen molar-refractivity contribution in [1.29, 1.82) is 0 Å². The minimum atomic E-state index is 0.397. The molecule has 76 valence electrons. The number of hydrogen-bond donors (Lipinski definition) is 0. The summed E-state index contributed by atoms with van der Waals surface area (Å²) in [6.07, 6.45) is 3.90. The predicted molar refractivity (Wildman–Crippen MR) is 59.0 cm³/mol. The maximum Gasteiger partial charge on any atom is 0.151 e. The van der Waals surface area contributed by atoms with Crippen molar-refractivity contribution in [2.24, 2.45) is 0 Å². The molecule has 0 N–H and O–H groups in total. The summed E-state index contributed by atoms with van der Waals surface area (Å²) in [6.45, 7) is 0. The summed E-state index contributed by atoms with van der Waals surface area (Å²) >= 11 is 11.6. The zero-order valence-electron chi connectivity index (χ0n) is 7.52. The summed E-state index contributed by atoms with van der Waals surface area (Å²) in [4.78, 5) is 10.6. The maximum atomic E-state index is 10.6. The van der Waals surface area contributed by atoms with Gasteiger partial charge in [-0.2, -0.15) is 5.10 Å². The first-order chi connectivity index (χ1) is 7.20. The van der Waals surface area contributed by atoms with Gasteiger partial charge in [0.2, 0.25) is 0 Å². The monoisotopic (exact) mass is 240 g/mol. The van der Waals surface area contributed by atoms with Crippen molar-refractivity contribution >= 4 is 29.5 Å². The van der Waals surface area contributed by atoms with Gasteiger partial charge in [0.05, 0.1) is 21.9 Å². The normalized spacial score (nSPS) is 10.3. The van der Waals surface area contributed by atoms with Gasteiger partial charge in [-0.3, -0.25) is 4.79 Å². The predicted octanol–water partition coefficient (Wildman–Crippen LogP) is 2.99. The SMILES string of the molecule is O=Cc1ccc(-n2cc(Cl)cn2)cc1Cl. The third-order valence-corrected chi connectivity index (χ3v) is 2.45. The van der Waals surface area contributed by atoms with Gasteiger partial charge < -0.3 is 0 Å². The molecule has 5 heteroatoms. The van der Waals surface area contributed by atoms with Crippen molar-refractivity contribution in [3.8, 4) is 5.69 Å². The van der Waals surface area contributed by atoms with E-state index in [1.807, 2.05) is 0 Å². The molecule has 0 amide bonds. The van der Waals surface area contributed by atoms with Gasteiger partial charge in [-0.1, -0.05) is 23.2 Å². The van der Waals surface area contributed by atoms with Crippen LogP contribution in [0.3, 0.4) is 0 Å². The molecule has 2 rings (SSSR count). The lowest BCUT2D eigenvalue weighted by Crippen LogP contribution is -1.94. The Hall–Kier alpha value is -1.32. The third-order valence-electron chi connectivity index (χ3n) is 1.93. The number of hydrogen-bond acceptors (Lipinski definition) is 2. The van der Waals surface area contributed by atoms with Crippen LogP contribution in [-0.4, -0.2) is 16.1 Å². The molecule has 0 saturated carbocycles. The molecular formula is C10H6Cl2N2O. The van der Waals surface area contributed by atoms with Crippen molar-refractivity contribution in [2.75, 3.05) is 0 Å². The Balaban J connectivity index is 2.46. The van der Waals surface area contributed by atoms with Crippen LogP contribution in [0.4, 0.5) is 0 Å². The summed E-state index contributed by atoms with van der Waals surface area (Å²) in [5, 5.41) is 4.96. The van der Waals surface area contributed by atoms with E-state index in [1.54, 1.807) is 29.1 Å². The van der Waals surface area contributed by atoms with Gasteiger partial charge in [0.25, 0.3) is 0 Å². The Morgan fingerprint density at radius 2 is 2.13 bits per heavy atom. The smallest absolute Gasteiger partial charge is 0.151 e. The number of carbonyl (C=O) groups is 1. The minimum absolute atomic E-state index is 0.397. The van der Waals surface area contributed by atoms with Crippen LogP contribution in [0.15, 0.2) is 30.6 Å². The molecule has 0 aliphatic carbocycles. The Morgan fingerprint density at radius 1 is 1.33 bits per heavy atom. The largest absolute Gasteiger partial charge is 0.298 e. The van der Waals surface area contributed by atoms with E-state index in [9.17, 15) is 4.79 Å². The molecular weight excluding hydrogens is 235 g/mol. The Morgan fingerprint density at radius 3 is 2.67 bits per heavy atom. The van der Waals surface area contributed by atoms with Crippen LogP contribution in [0.2, 0.25) is 10.0 Å². The Kier molecular flexibility index (Phi) is 2.75. The van der Waals surface area contributed by atoms with Gasteiger partial charge in [0.15, 0.2) is 6.29 Å². The van der Waals surface area contributed by atoms with Gasteiger partial charge >= 0.3 is 0 Å². The molecule has 15 heavy (non-hydrogen) atoms. The van der Waals surface area contributed by atoms with E-state index in [2.05, 4.69) is 5.10 Å². The van der Waals surface area contributed by atoms with E-state index in [4.69, 9.17) is 23.2 Å². The molecule has 0 radical (unpaired) electrons. The highest BCUT2D eigenvalue weighted by Gasteiger charge is 2.03. The maximum absolute atomic E-state index is 10.6. The molecule has 0 unspecified atom stereocenters. The molecule has 0 aliphatic heterocycles. The lowest BCUT2D eigenvalue weighted by molar-refractivity contribution is 0.112. The highest BCUT2D eigenvalue weighted by Crippen LogP contribution is 2.19. The zero-order valence-corrected chi connectivity index (χ0v) is 9.03. The molecule has 0 saturated heterocycles. The first-order valence-electron chi connectivity index (χ1n) is 4.16. The van der Waals surface area contributed by atoms with Gasteiger partial charge in [0, 0.05) is 11.8 Å².